The van der Waals surface area contributed by atoms with Crippen LogP contribution in [0.4, 0.5) is 0 Å². The number of carboxylic acids is 1. The lowest BCUT2D eigenvalue weighted by Crippen LogP contribution is -2.35. The zero-order chi connectivity index (χ0) is 12.7. The van der Waals surface area contributed by atoms with Crippen LogP contribution in [0.5, 0.6) is 5.75 Å². The van der Waals surface area contributed by atoms with Gasteiger partial charge in [0.1, 0.15) is 18.4 Å². The van der Waals surface area contributed by atoms with Gasteiger partial charge < -0.3 is 15.2 Å². The quantitative estimate of drug-likeness (QED) is 0.703. The first-order chi connectivity index (χ1) is 8.17. The van der Waals surface area contributed by atoms with Crippen LogP contribution in [0.1, 0.15) is 5.56 Å². The zero-order valence-corrected chi connectivity index (χ0v) is 9.85. The number of rotatable bonds is 7. The molecule has 0 amide bonds. The first kappa shape index (κ1) is 13.3. The van der Waals surface area contributed by atoms with E-state index in [0.29, 0.717) is 13.0 Å². The molecule has 0 saturated heterocycles. The highest BCUT2D eigenvalue weighted by Gasteiger charge is 2.15. The van der Waals surface area contributed by atoms with Crippen molar-refractivity contribution in [1.82, 2.24) is 5.32 Å². The lowest BCUT2D eigenvalue weighted by Gasteiger charge is -2.12. The fourth-order valence-corrected chi connectivity index (χ4v) is 1.47. The van der Waals surface area contributed by atoms with Crippen molar-refractivity contribution in [3.63, 3.8) is 0 Å². The van der Waals surface area contributed by atoms with Gasteiger partial charge in [0.2, 0.25) is 0 Å². The van der Waals surface area contributed by atoms with Crippen molar-refractivity contribution in [2.24, 2.45) is 0 Å². The van der Waals surface area contributed by atoms with Gasteiger partial charge in [0, 0.05) is 0 Å². The molecule has 0 heterocycles. The fourth-order valence-electron chi connectivity index (χ4n) is 1.47. The van der Waals surface area contributed by atoms with Gasteiger partial charge in [0.05, 0.1) is 0 Å². The Bertz CT molecular complexity index is 390. The van der Waals surface area contributed by atoms with Gasteiger partial charge in [-0.15, -0.1) is 0 Å². The maximum absolute atomic E-state index is 10.9. The highest BCUT2D eigenvalue weighted by molar-refractivity contribution is 5.73. The third kappa shape index (κ3) is 4.28. The summed E-state index contributed by atoms with van der Waals surface area (Å²) in [6, 6.07) is 6.83. The van der Waals surface area contributed by atoms with Gasteiger partial charge in [-0.1, -0.05) is 24.8 Å². The van der Waals surface area contributed by atoms with Crippen molar-refractivity contribution in [1.29, 1.82) is 0 Å². The molecule has 0 radical (unpaired) electrons. The molecule has 1 unspecified atom stereocenters. The van der Waals surface area contributed by atoms with E-state index in [2.05, 4.69) is 11.9 Å². The second-order valence-corrected chi connectivity index (χ2v) is 3.63. The van der Waals surface area contributed by atoms with Crippen molar-refractivity contribution in [2.45, 2.75) is 12.5 Å². The molecule has 1 atom stereocenters. The number of likely N-dealkylation sites (N-methyl/N-ethyl adjacent to an activating group) is 1. The van der Waals surface area contributed by atoms with E-state index in [1.165, 1.54) is 0 Å². The van der Waals surface area contributed by atoms with Crippen molar-refractivity contribution in [3.05, 3.63) is 42.5 Å². The number of hydrogen-bond donors (Lipinski definition) is 2. The van der Waals surface area contributed by atoms with Crippen LogP contribution < -0.4 is 10.1 Å². The standard InChI is InChI=1S/C13H17NO3/c1-3-7-17-11-6-4-5-10(8-11)9-12(14-2)13(15)16/h3-6,8,12,14H,1,7,9H2,2H3,(H,15,16). The lowest BCUT2D eigenvalue weighted by atomic mass is 10.1. The summed E-state index contributed by atoms with van der Waals surface area (Å²) >= 11 is 0. The maximum atomic E-state index is 10.9. The Morgan fingerprint density at radius 1 is 1.65 bits per heavy atom. The van der Waals surface area contributed by atoms with Crippen LogP contribution in [0.25, 0.3) is 0 Å². The number of ether oxygens (including phenoxy) is 1. The monoisotopic (exact) mass is 235 g/mol. The van der Waals surface area contributed by atoms with Crippen LogP contribution in [0.3, 0.4) is 0 Å². The van der Waals surface area contributed by atoms with Crippen molar-refractivity contribution in [2.75, 3.05) is 13.7 Å². The molecule has 1 aromatic carbocycles. The van der Waals surface area contributed by atoms with Crippen LogP contribution >= 0.6 is 0 Å². The van der Waals surface area contributed by atoms with E-state index in [4.69, 9.17) is 9.84 Å². The molecule has 1 aromatic rings. The lowest BCUT2D eigenvalue weighted by molar-refractivity contribution is -0.139. The Morgan fingerprint density at radius 3 is 3.00 bits per heavy atom. The smallest absolute Gasteiger partial charge is 0.321 e. The van der Waals surface area contributed by atoms with Crippen LogP contribution in [-0.2, 0) is 11.2 Å². The number of carboxylic acid groups (broad SMARTS) is 1. The van der Waals surface area contributed by atoms with Crippen LogP contribution in [0.15, 0.2) is 36.9 Å². The molecular weight excluding hydrogens is 218 g/mol. The highest BCUT2D eigenvalue weighted by Crippen LogP contribution is 2.14. The minimum atomic E-state index is -0.857. The Morgan fingerprint density at radius 2 is 2.41 bits per heavy atom. The number of carbonyl (C=O) groups is 1. The van der Waals surface area contributed by atoms with E-state index < -0.39 is 12.0 Å². The highest BCUT2D eigenvalue weighted by atomic mass is 16.5. The summed E-state index contributed by atoms with van der Waals surface area (Å²) in [7, 11) is 1.64. The molecule has 4 nitrogen and oxygen atoms in total. The van der Waals surface area contributed by atoms with Crippen molar-refractivity contribution >= 4 is 5.97 Å². The summed E-state index contributed by atoms with van der Waals surface area (Å²) in [5.74, 6) is -0.132. The minimum absolute atomic E-state index is 0.428. The van der Waals surface area contributed by atoms with E-state index in [1.807, 2.05) is 24.3 Å². The molecule has 0 aliphatic carbocycles. The molecule has 0 spiro atoms. The van der Waals surface area contributed by atoms with Gasteiger partial charge >= 0.3 is 5.97 Å². The molecule has 0 saturated carbocycles. The second-order valence-electron chi connectivity index (χ2n) is 3.63. The van der Waals surface area contributed by atoms with E-state index in [9.17, 15) is 4.79 Å². The molecule has 1 rings (SSSR count). The van der Waals surface area contributed by atoms with Gasteiger partial charge in [-0.3, -0.25) is 4.79 Å². The molecule has 92 valence electrons. The first-order valence-corrected chi connectivity index (χ1v) is 5.40. The Hall–Kier alpha value is -1.81. The van der Waals surface area contributed by atoms with E-state index in [-0.39, 0.29) is 0 Å². The SMILES string of the molecule is C=CCOc1cccc(CC(NC)C(=O)O)c1. The van der Waals surface area contributed by atoms with E-state index >= 15 is 0 Å². The summed E-state index contributed by atoms with van der Waals surface area (Å²) in [6.45, 7) is 4.01. The van der Waals surface area contributed by atoms with E-state index in [0.717, 1.165) is 11.3 Å². The molecule has 0 aromatic heterocycles. The van der Waals surface area contributed by atoms with Gasteiger partial charge in [-0.2, -0.15) is 0 Å². The maximum Gasteiger partial charge on any atom is 0.321 e. The van der Waals surface area contributed by atoms with Gasteiger partial charge in [0.15, 0.2) is 0 Å². The summed E-state index contributed by atoms with van der Waals surface area (Å²) in [4.78, 5) is 10.9. The zero-order valence-electron chi connectivity index (χ0n) is 9.85. The third-order valence-corrected chi connectivity index (χ3v) is 2.35. The first-order valence-electron chi connectivity index (χ1n) is 5.40. The largest absolute Gasteiger partial charge is 0.490 e. The average Bonchev–Trinajstić information content (AvgIpc) is 2.33. The topological polar surface area (TPSA) is 58.6 Å². The van der Waals surface area contributed by atoms with E-state index in [1.54, 1.807) is 13.1 Å². The summed E-state index contributed by atoms with van der Waals surface area (Å²) in [6.07, 6.45) is 2.09. The summed E-state index contributed by atoms with van der Waals surface area (Å²) < 4.78 is 5.39. The predicted octanol–water partition coefficient (Wildman–Crippen LogP) is 1.47. The molecular formula is C13H17NO3. The molecule has 4 heteroatoms. The van der Waals surface area contributed by atoms with Crippen molar-refractivity contribution in [3.8, 4) is 5.75 Å². The predicted molar refractivity (Wildman–Crippen MR) is 66.3 cm³/mol. The van der Waals surface area contributed by atoms with Crippen molar-refractivity contribution < 1.29 is 14.6 Å². The molecule has 0 aliphatic rings. The molecule has 0 bridgehead atoms. The number of nitrogens with one attached hydrogen (secondary N) is 1. The Balaban J connectivity index is 2.70. The molecule has 17 heavy (non-hydrogen) atoms. The van der Waals surface area contributed by atoms with Gasteiger partial charge in [-0.25, -0.2) is 0 Å². The van der Waals surface area contributed by atoms with Gasteiger partial charge in [0.25, 0.3) is 0 Å². The number of benzene rings is 1. The Kier molecular flexibility index (Phi) is 5.23. The molecule has 0 fully saturated rings. The summed E-state index contributed by atoms with van der Waals surface area (Å²) in [5.41, 5.74) is 0.924. The average molecular weight is 235 g/mol. The summed E-state index contributed by atoms with van der Waals surface area (Å²) in [5, 5.41) is 11.7. The van der Waals surface area contributed by atoms with Gasteiger partial charge in [-0.05, 0) is 31.2 Å². The normalized spacial score (nSPS) is 11.8. The van der Waals surface area contributed by atoms with Crippen LogP contribution in [0.2, 0.25) is 0 Å². The fraction of sp³-hybridized carbons (Fsp3) is 0.308. The molecule has 2 N–H and O–H groups in total. The molecule has 0 aliphatic heterocycles. The minimum Gasteiger partial charge on any atom is -0.490 e. The van der Waals surface area contributed by atoms with Crippen LogP contribution in [-0.4, -0.2) is 30.8 Å². The van der Waals surface area contributed by atoms with Crippen LogP contribution in [0, 0.1) is 0 Å². The third-order valence-electron chi connectivity index (χ3n) is 2.35. The number of hydrogen-bond acceptors (Lipinski definition) is 3. The Labute approximate surface area is 101 Å². The number of aliphatic carboxylic acids is 1. The second kappa shape index (κ2) is 6.70.